The van der Waals surface area contributed by atoms with Gasteiger partial charge in [-0.1, -0.05) is 42.5 Å². The van der Waals surface area contributed by atoms with E-state index in [0.717, 1.165) is 50.2 Å². The number of hydrogen-bond donors (Lipinski definition) is 2. The minimum atomic E-state index is -0.894. The van der Waals surface area contributed by atoms with Crippen LogP contribution < -0.4 is 10.2 Å². The zero-order valence-electron chi connectivity index (χ0n) is 16.8. The molecule has 5 nitrogen and oxygen atoms in total. The predicted molar refractivity (Wildman–Crippen MR) is 118 cm³/mol. The topological polar surface area (TPSA) is 65.5 Å². The molecule has 3 aromatic rings. The standard InChI is InChI=1S/C25H25N3O2/c29-24(30)20-8-10-21(11-9-20)25(13-14-25)27-23-22-19(12-15-26-23)7-4-16-28(22)17-18-5-2-1-3-6-18/h1-3,5-6,8-12,15H,4,7,13-14,16-17H2,(H,26,27)(H,29,30). The lowest BCUT2D eigenvalue weighted by molar-refractivity contribution is 0.0697. The first-order chi connectivity index (χ1) is 14.6. The minimum absolute atomic E-state index is 0.158. The summed E-state index contributed by atoms with van der Waals surface area (Å²) in [5, 5.41) is 12.9. The molecule has 0 unspecified atom stereocenters. The number of benzene rings is 2. The van der Waals surface area contributed by atoms with E-state index >= 15 is 0 Å². The summed E-state index contributed by atoms with van der Waals surface area (Å²) >= 11 is 0. The average Bonchev–Trinajstić information content (AvgIpc) is 3.55. The summed E-state index contributed by atoms with van der Waals surface area (Å²) in [6.45, 7) is 1.89. The van der Waals surface area contributed by atoms with Gasteiger partial charge in [-0.25, -0.2) is 9.78 Å². The molecule has 0 radical (unpaired) electrons. The summed E-state index contributed by atoms with van der Waals surface area (Å²) < 4.78 is 0. The smallest absolute Gasteiger partial charge is 0.335 e. The van der Waals surface area contributed by atoms with Gasteiger partial charge in [-0.05, 0) is 60.6 Å². The SMILES string of the molecule is O=C(O)c1ccc(C2(Nc3nccc4c3N(Cc3ccccc3)CCC4)CC2)cc1. The molecule has 1 aromatic heterocycles. The van der Waals surface area contributed by atoms with E-state index in [9.17, 15) is 9.90 Å². The third kappa shape index (κ3) is 3.52. The Labute approximate surface area is 176 Å². The molecule has 0 atom stereocenters. The fourth-order valence-electron chi connectivity index (χ4n) is 4.44. The maximum Gasteiger partial charge on any atom is 0.335 e. The van der Waals surface area contributed by atoms with Crippen LogP contribution in [0.4, 0.5) is 11.5 Å². The average molecular weight is 399 g/mol. The Morgan fingerprint density at radius 2 is 1.83 bits per heavy atom. The summed E-state index contributed by atoms with van der Waals surface area (Å²) in [5.41, 5.74) is 5.13. The molecule has 30 heavy (non-hydrogen) atoms. The zero-order valence-corrected chi connectivity index (χ0v) is 16.8. The lowest BCUT2D eigenvalue weighted by Gasteiger charge is -2.34. The van der Waals surface area contributed by atoms with Crippen LogP contribution in [0.3, 0.4) is 0 Å². The molecule has 152 valence electrons. The molecule has 5 heteroatoms. The third-order valence-corrected chi connectivity index (χ3v) is 6.21. The first-order valence-corrected chi connectivity index (χ1v) is 10.5. The van der Waals surface area contributed by atoms with Gasteiger partial charge in [-0.15, -0.1) is 0 Å². The Kier molecular flexibility index (Phi) is 4.66. The minimum Gasteiger partial charge on any atom is -0.478 e. The van der Waals surface area contributed by atoms with E-state index in [-0.39, 0.29) is 5.54 Å². The van der Waals surface area contributed by atoms with Crippen molar-refractivity contribution in [3.63, 3.8) is 0 Å². The maximum atomic E-state index is 11.2. The van der Waals surface area contributed by atoms with Crippen LogP contribution in [0.15, 0.2) is 66.9 Å². The van der Waals surface area contributed by atoms with Crippen molar-refractivity contribution >= 4 is 17.5 Å². The Bertz CT molecular complexity index is 1060. The van der Waals surface area contributed by atoms with Crippen LogP contribution in [-0.4, -0.2) is 22.6 Å². The molecule has 5 rings (SSSR count). The summed E-state index contributed by atoms with van der Waals surface area (Å²) in [6.07, 6.45) is 6.15. The Morgan fingerprint density at radius 3 is 2.53 bits per heavy atom. The number of aryl methyl sites for hydroxylation is 1. The molecule has 0 saturated heterocycles. The summed E-state index contributed by atoms with van der Waals surface area (Å²) in [4.78, 5) is 18.4. The van der Waals surface area contributed by atoms with Crippen LogP contribution in [0.25, 0.3) is 0 Å². The Balaban J connectivity index is 1.45. The molecule has 0 spiro atoms. The molecule has 2 aromatic carbocycles. The highest BCUT2D eigenvalue weighted by atomic mass is 16.4. The van der Waals surface area contributed by atoms with Crippen LogP contribution in [-0.2, 0) is 18.5 Å². The van der Waals surface area contributed by atoms with Crippen molar-refractivity contribution in [2.75, 3.05) is 16.8 Å². The van der Waals surface area contributed by atoms with Gasteiger partial charge in [0, 0.05) is 19.3 Å². The number of aromatic carboxylic acids is 1. The van der Waals surface area contributed by atoms with Gasteiger partial charge in [0.1, 0.15) is 0 Å². The van der Waals surface area contributed by atoms with Crippen molar-refractivity contribution in [2.24, 2.45) is 0 Å². The second kappa shape index (κ2) is 7.48. The van der Waals surface area contributed by atoms with Crippen LogP contribution in [0.5, 0.6) is 0 Å². The van der Waals surface area contributed by atoms with Crippen LogP contribution in [0, 0.1) is 0 Å². The highest BCUT2D eigenvalue weighted by molar-refractivity contribution is 5.87. The normalized spacial score (nSPS) is 16.6. The van der Waals surface area contributed by atoms with E-state index in [1.165, 1.54) is 16.8 Å². The van der Waals surface area contributed by atoms with Crippen molar-refractivity contribution in [3.05, 3.63) is 89.1 Å². The van der Waals surface area contributed by atoms with Gasteiger partial charge < -0.3 is 15.3 Å². The van der Waals surface area contributed by atoms with Gasteiger partial charge >= 0.3 is 5.97 Å². The summed E-state index contributed by atoms with van der Waals surface area (Å²) in [5.74, 6) is 0.0395. The van der Waals surface area contributed by atoms with Gasteiger partial charge in [0.25, 0.3) is 0 Å². The van der Waals surface area contributed by atoms with Gasteiger partial charge in [0.05, 0.1) is 16.8 Å². The molecule has 0 bridgehead atoms. The highest BCUT2D eigenvalue weighted by Gasteiger charge is 2.45. The fourth-order valence-corrected chi connectivity index (χ4v) is 4.44. The third-order valence-electron chi connectivity index (χ3n) is 6.21. The predicted octanol–water partition coefficient (Wildman–Crippen LogP) is 4.83. The first kappa shape index (κ1) is 18.7. The van der Waals surface area contributed by atoms with Crippen molar-refractivity contribution in [3.8, 4) is 0 Å². The van der Waals surface area contributed by atoms with Crippen LogP contribution in [0.1, 0.15) is 46.3 Å². The number of fused-ring (bicyclic) bond motifs is 1. The van der Waals surface area contributed by atoms with E-state index < -0.39 is 5.97 Å². The number of carboxylic acids is 1. The molecule has 2 aliphatic rings. The van der Waals surface area contributed by atoms with Gasteiger partial charge in [0.2, 0.25) is 0 Å². The quantitative estimate of drug-likeness (QED) is 0.621. The van der Waals surface area contributed by atoms with E-state index in [2.05, 4.69) is 46.6 Å². The second-order valence-corrected chi connectivity index (χ2v) is 8.27. The molecular weight excluding hydrogens is 374 g/mol. The molecule has 1 saturated carbocycles. The highest BCUT2D eigenvalue weighted by Crippen LogP contribution is 2.50. The molecule has 1 aliphatic heterocycles. The van der Waals surface area contributed by atoms with Gasteiger partial charge in [0.15, 0.2) is 5.82 Å². The number of pyridine rings is 1. The van der Waals surface area contributed by atoms with Crippen LogP contribution in [0.2, 0.25) is 0 Å². The number of nitrogens with one attached hydrogen (secondary N) is 1. The van der Waals surface area contributed by atoms with Crippen molar-refractivity contribution in [2.45, 2.75) is 37.8 Å². The van der Waals surface area contributed by atoms with E-state index in [1.54, 1.807) is 12.1 Å². The van der Waals surface area contributed by atoms with E-state index in [1.807, 2.05) is 18.3 Å². The van der Waals surface area contributed by atoms with Gasteiger partial charge in [-0.3, -0.25) is 0 Å². The number of rotatable bonds is 6. The molecular formula is C25H25N3O2. The Hall–Kier alpha value is -3.34. The number of nitrogens with zero attached hydrogens (tertiary/aromatic N) is 2. The number of anilines is 2. The second-order valence-electron chi connectivity index (χ2n) is 8.27. The summed E-state index contributed by atoms with van der Waals surface area (Å²) in [7, 11) is 0. The fraction of sp³-hybridized carbons (Fsp3) is 0.280. The van der Waals surface area contributed by atoms with E-state index in [0.29, 0.717) is 5.56 Å². The lowest BCUT2D eigenvalue weighted by Crippen LogP contribution is -2.31. The maximum absolute atomic E-state index is 11.2. The molecule has 2 heterocycles. The number of hydrogen-bond acceptors (Lipinski definition) is 4. The molecule has 2 N–H and O–H groups in total. The largest absolute Gasteiger partial charge is 0.478 e. The molecule has 1 aliphatic carbocycles. The van der Waals surface area contributed by atoms with Gasteiger partial charge in [-0.2, -0.15) is 0 Å². The number of carbonyl (C=O) groups is 1. The summed E-state index contributed by atoms with van der Waals surface area (Å²) in [6, 6.07) is 19.9. The number of aromatic nitrogens is 1. The molecule has 1 fully saturated rings. The van der Waals surface area contributed by atoms with Crippen molar-refractivity contribution < 1.29 is 9.90 Å². The zero-order chi connectivity index (χ0) is 20.6. The molecule has 0 amide bonds. The Morgan fingerprint density at radius 1 is 1.07 bits per heavy atom. The lowest BCUT2D eigenvalue weighted by atomic mass is 10.00. The van der Waals surface area contributed by atoms with Crippen molar-refractivity contribution in [1.29, 1.82) is 0 Å². The first-order valence-electron chi connectivity index (χ1n) is 10.5. The van der Waals surface area contributed by atoms with E-state index in [4.69, 9.17) is 4.98 Å². The van der Waals surface area contributed by atoms with Crippen molar-refractivity contribution in [1.82, 2.24) is 4.98 Å². The monoisotopic (exact) mass is 399 g/mol. The van der Waals surface area contributed by atoms with Crippen LogP contribution >= 0.6 is 0 Å². The number of carboxylic acid groups (broad SMARTS) is 1.